The van der Waals surface area contributed by atoms with Gasteiger partial charge in [0, 0.05) is 11.4 Å². The SMILES string of the molecule is O=[N+]([O-])c1cc(F)c(CCCl)c(F)c1. The Balaban J connectivity index is 3.18. The topological polar surface area (TPSA) is 43.1 Å². The zero-order valence-corrected chi connectivity index (χ0v) is 7.72. The Hall–Kier alpha value is -1.23. The molecule has 3 nitrogen and oxygen atoms in total. The minimum Gasteiger partial charge on any atom is -0.258 e. The summed E-state index contributed by atoms with van der Waals surface area (Å²) in [5, 5.41) is 10.2. The van der Waals surface area contributed by atoms with Gasteiger partial charge in [-0.25, -0.2) is 8.78 Å². The number of halogens is 3. The van der Waals surface area contributed by atoms with Crippen LogP contribution in [-0.2, 0) is 6.42 Å². The number of alkyl halides is 1. The van der Waals surface area contributed by atoms with Crippen molar-refractivity contribution < 1.29 is 13.7 Å². The van der Waals surface area contributed by atoms with Gasteiger partial charge in [-0.3, -0.25) is 10.1 Å². The molecule has 0 aromatic heterocycles. The lowest BCUT2D eigenvalue weighted by atomic mass is 10.1. The molecule has 0 N–H and O–H groups in total. The van der Waals surface area contributed by atoms with Crippen molar-refractivity contribution in [3.05, 3.63) is 39.4 Å². The zero-order chi connectivity index (χ0) is 10.7. The lowest BCUT2D eigenvalue weighted by molar-refractivity contribution is -0.385. The van der Waals surface area contributed by atoms with Crippen molar-refractivity contribution in [1.29, 1.82) is 0 Å². The summed E-state index contributed by atoms with van der Waals surface area (Å²) in [6, 6.07) is 1.37. The van der Waals surface area contributed by atoms with Crippen molar-refractivity contribution in [2.75, 3.05) is 5.88 Å². The third kappa shape index (κ3) is 2.17. The van der Waals surface area contributed by atoms with Crippen molar-refractivity contribution in [1.82, 2.24) is 0 Å². The molecule has 76 valence electrons. The third-order valence-corrected chi connectivity index (χ3v) is 1.87. The van der Waals surface area contributed by atoms with E-state index in [0.29, 0.717) is 12.1 Å². The summed E-state index contributed by atoms with van der Waals surface area (Å²) in [6.45, 7) is 0. The molecular formula is C8H6ClF2NO2. The number of benzene rings is 1. The van der Waals surface area contributed by atoms with Crippen LogP contribution in [0.25, 0.3) is 0 Å². The smallest absolute Gasteiger partial charge is 0.258 e. The van der Waals surface area contributed by atoms with E-state index in [-0.39, 0.29) is 17.9 Å². The van der Waals surface area contributed by atoms with Gasteiger partial charge in [-0.1, -0.05) is 0 Å². The first-order valence-electron chi connectivity index (χ1n) is 3.74. The number of nitro benzene ring substituents is 1. The average molecular weight is 222 g/mol. The molecule has 0 radical (unpaired) electrons. The summed E-state index contributed by atoms with van der Waals surface area (Å²) < 4.78 is 26.1. The van der Waals surface area contributed by atoms with Crippen LogP contribution in [0.2, 0.25) is 0 Å². The van der Waals surface area contributed by atoms with E-state index >= 15 is 0 Å². The number of non-ortho nitro benzene ring substituents is 1. The van der Waals surface area contributed by atoms with Gasteiger partial charge in [0.2, 0.25) is 0 Å². The summed E-state index contributed by atoms with van der Waals surface area (Å²) in [4.78, 5) is 9.37. The maximum absolute atomic E-state index is 13.1. The molecule has 1 aromatic rings. The number of nitrogens with zero attached hydrogens (tertiary/aromatic N) is 1. The molecule has 0 aliphatic carbocycles. The van der Waals surface area contributed by atoms with Crippen LogP contribution in [0.1, 0.15) is 5.56 Å². The highest BCUT2D eigenvalue weighted by Crippen LogP contribution is 2.21. The quantitative estimate of drug-likeness (QED) is 0.447. The fourth-order valence-corrected chi connectivity index (χ4v) is 1.22. The van der Waals surface area contributed by atoms with E-state index in [4.69, 9.17) is 11.6 Å². The molecule has 0 saturated carbocycles. The van der Waals surface area contributed by atoms with E-state index in [2.05, 4.69) is 0 Å². The summed E-state index contributed by atoms with van der Waals surface area (Å²) in [7, 11) is 0. The number of rotatable bonds is 3. The van der Waals surface area contributed by atoms with Crippen molar-refractivity contribution in [3.8, 4) is 0 Å². The molecule has 0 amide bonds. The van der Waals surface area contributed by atoms with Crippen LogP contribution >= 0.6 is 11.6 Å². The average Bonchev–Trinajstić information content (AvgIpc) is 2.10. The molecule has 0 fully saturated rings. The lowest BCUT2D eigenvalue weighted by Gasteiger charge is -2.01. The van der Waals surface area contributed by atoms with Crippen LogP contribution in [0.5, 0.6) is 0 Å². The fourth-order valence-electron chi connectivity index (χ4n) is 1.03. The maximum atomic E-state index is 13.1. The molecule has 0 heterocycles. The monoisotopic (exact) mass is 221 g/mol. The second-order valence-electron chi connectivity index (χ2n) is 2.58. The normalized spacial score (nSPS) is 10.2. The Kier molecular flexibility index (Phi) is 3.35. The second-order valence-corrected chi connectivity index (χ2v) is 2.96. The van der Waals surface area contributed by atoms with Gasteiger partial charge in [0.25, 0.3) is 5.69 Å². The molecule has 0 unspecified atom stereocenters. The molecule has 0 saturated heterocycles. The van der Waals surface area contributed by atoms with E-state index in [1.807, 2.05) is 0 Å². The van der Waals surface area contributed by atoms with Crippen molar-refractivity contribution in [2.24, 2.45) is 0 Å². The van der Waals surface area contributed by atoms with Crippen LogP contribution in [0.3, 0.4) is 0 Å². The van der Waals surface area contributed by atoms with Crippen LogP contribution in [0.4, 0.5) is 14.5 Å². The first kappa shape index (κ1) is 10.8. The van der Waals surface area contributed by atoms with Gasteiger partial charge in [-0.15, -0.1) is 11.6 Å². The molecule has 0 bridgehead atoms. The highest BCUT2D eigenvalue weighted by Gasteiger charge is 2.16. The van der Waals surface area contributed by atoms with E-state index in [9.17, 15) is 18.9 Å². The van der Waals surface area contributed by atoms with Gasteiger partial charge in [-0.2, -0.15) is 0 Å². The van der Waals surface area contributed by atoms with Crippen molar-refractivity contribution >= 4 is 17.3 Å². The fraction of sp³-hybridized carbons (Fsp3) is 0.250. The van der Waals surface area contributed by atoms with E-state index < -0.39 is 22.2 Å². The molecule has 1 rings (SSSR count). The van der Waals surface area contributed by atoms with Gasteiger partial charge in [0.15, 0.2) is 0 Å². The second kappa shape index (κ2) is 4.32. The molecule has 0 spiro atoms. The van der Waals surface area contributed by atoms with Gasteiger partial charge in [0.1, 0.15) is 11.6 Å². The van der Waals surface area contributed by atoms with E-state index in [1.165, 1.54) is 0 Å². The highest BCUT2D eigenvalue weighted by atomic mass is 35.5. The van der Waals surface area contributed by atoms with E-state index in [0.717, 1.165) is 0 Å². The largest absolute Gasteiger partial charge is 0.275 e. The summed E-state index contributed by atoms with van der Waals surface area (Å²) >= 11 is 5.32. The zero-order valence-electron chi connectivity index (χ0n) is 6.97. The molecule has 0 aliphatic heterocycles. The summed E-state index contributed by atoms with van der Waals surface area (Å²) in [5.74, 6) is -1.80. The molecule has 0 atom stereocenters. The predicted molar refractivity (Wildman–Crippen MR) is 47.4 cm³/mol. The minimum atomic E-state index is -0.933. The molecular weight excluding hydrogens is 216 g/mol. The standard InChI is InChI=1S/C8H6ClF2NO2/c9-2-1-6-7(10)3-5(12(13)14)4-8(6)11/h3-4H,1-2H2. The summed E-state index contributed by atoms with van der Waals surface area (Å²) in [6.07, 6.45) is 0.0111. The predicted octanol–water partition coefficient (Wildman–Crippen LogP) is 2.65. The van der Waals surface area contributed by atoms with Crippen LogP contribution in [-0.4, -0.2) is 10.8 Å². The van der Waals surface area contributed by atoms with Crippen LogP contribution in [0.15, 0.2) is 12.1 Å². The Morgan fingerprint density at radius 2 is 1.86 bits per heavy atom. The van der Waals surface area contributed by atoms with Gasteiger partial charge < -0.3 is 0 Å². The molecule has 14 heavy (non-hydrogen) atoms. The van der Waals surface area contributed by atoms with Crippen LogP contribution in [0, 0.1) is 21.7 Å². The molecule has 6 heteroatoms. The minimum absolute atomic E-state index is 0.0111. The van der Waals surface area contributed by atoms with E-state index in [1.54, 1.807) is 0 Å². The number of hydrogen-bond acceptors (Lipinski definition) is 2. The first-order valence-corrected chi connectivity index (χ1v) is 4.28. The van der Waals surface area contributed by atoms with Crippen molar-refractivity contribution in [2.45, 2.75) is 6.42 Å². The third-order valence-electron chi connectivity index (χ3n) is 1.68. The Morgan fingerprint density at radius 3 is 2.21 bits per heavy atom. The van der Waals surface area contributed by atoms with Gasteiger partial charge >= 0.3 is 0 Å². The van der Waals surface area contributed by atoms with Crippen LogP contribution < -0.4 is 0 Å². The molecule has 1 aromatic carbocycles. The molecule has 0 aliphatic rings. The first-order chi connectivity index (χ1) is 6.56. The summed E-state index contributed by atoms with van der Waals surface area (Å²) in [5.41, 5.74) is -0.816. The lowest BCUT2D eigenvalue weighted by Crippen LogP contribution is -1.99. The number of hydrogen-bond donors (Lipinski definition) is 0. The highest BCUT2D eigenvalue weighted by molar-refractivity contribution is 6.17. The van der Waals surface area contributed by atoms with Gasteiger partial charge in [-0.05, 0) is 6.42 Å². The Labute approximate surface area is 83.4 Å². The maximum Gasteiger partial charge on any atom is 0.275 e. The van der Waals surface area contributed by atoms with Gasteiger partial charge in [0.05, 0.1) is 17.1 Å². The Bertz CT molecular complexity index is 347. The number of nitro groups is 1. The Morgan fingerprint density at radius 1 is 1.36 bits per heavy atom. The van der Waals surface area contributed by atoms with Crippen molar-refractivity contribution in [3.63, 3.8) is 0 Å².